The van der Waals surface area contributed by atoms with Crippen LogP contribution >= 0.6 is 0 Å². The standard InChI is InChI=1S/C37H41N5O2S/c1-10-26-17-28(21-40-36(26)30-18-27(22(2)3)20-39-24(30)5)34-19-31-29(15-23(4)16-32(31)37(43)42(34)8)25(6)41-33-13-11-12-14-35(33)45(9,44)38-7/h11-21,25,41H,2,10H2,1,3-9H3/t25-,45?/m1/s1. The number of rotatable bonds is 8. The lowest BCUT2D eigenvalue weighted by Crippen LogP contribution is -2.20. The van der Waals surface area contributed by atoms with E-state index < -0.39 is 9.73 Å². The quantitative estimate of drug-likeness (QED) is 0.189. The number of benzene rings is 2. The third-order valence-corrected chi connectivity index (χ3v) is 10.4. The predicted molar refractivity (Wildman–Crippen MR) is 188 cm³/mol. The van der Waals surface area contributed by atoms with E-state index in [-0.39, 0.29) is 11.6 Å². The van der Waals surface area contributed by atoms with Crippen molar-refractivity contribution in [3.63, 3.8) is 0 Å². The second kappa shape index (κ2) is 12.4. The lowest BCUT2D eigenvalue weighted by atomic mass is 9.95. The highest BCUT2D eigenvalue weighted by atomic mass is 32.2. The maximum Gasteiger partial charge on any atom is 0.258 e. The summed E-state index contributed by atoms with van der Waals surface area (Å²) in [6.07, 6.45) is 6.11. The van der Waals surface area contributed by atoms with Crippen LogP contribution in [0.2, 0.25) is 0 Å². The summed E-state index contributed by atoms with van der Waals surface area (Å²) in [5.74, 6) is 0. The number of hydrogen-bond donors (Lipinski definition) is 1. The minimum absolute atomic E-state index is 0.0715. The molecule has 2 atom stereocenters. The molecule has 0 aliphatic carbocycles. The van der Waals surface area contributed by atoms with Gasteiger partial charge in [-0.15, -0.1) is 0 Å². The van der Waals surface area contributed by atoms with Crippen LogP contribution < -0.4 is 10.9 Å². The fourth-order valence-corrected chi connectivity index (χ4v) is 6.88. The third kappa shape index (κ3) is 6.07. The maximum atomic E-state index is 13.9. The average Bonchev–Trinajstić information content (AvgIpc) is 3.02. The summed E-state index contributed by atoms with van der Waals surface area (Å²) in [7, 11) is 0.834. The molecule has 2 aromatic carbocycles. The highest BCUT2D eigenvalue weighted by Crippen LogP contribution is 2.34. The zero-order valence-electron chi connectivity index (χ0n) is 27.4. The molecule has 0 amide bonds. The van der Waals surface area contributed by atoms with E-state index in [1.54, 1.807) is 17.9 Å². The van der Waals surface area contributed by atoms with Crippen LogP contribution in [0.15, 0.2) is 87.6 Å². The van der Waals surface area contributed by atoms with Gasteiger partial charge in [-0.1, -0.05) is 31.7 Å². The van der Waals surface area contributed by atoms with E-state index >= 15 is 0 Å². The molecule has 3 aromatic heterocycles. The van der Waals surface area contributed by atoms with Crippen molar-refractivity contribution in [2.75, 3.05) is 18.6 Å². The van der Waals surface area contributed by atoms with Crippen molar-refractivity contribution >= 4 is 31.8 Å². The molecule has 3 heterocycles. The Labute approximate surface area is 266 Å². The van der Waals surface area contributed by atoms with E-state index in [9.17, 15) is 9.00 Å². The first kappa shape index (κ1) is 31.9. The predicted octanol–water partition coefficient (Wildman–Crippen LogP) is 8.13. The van der Waals surface area contributed by atoms with Crippen LogP contribution in [0.25, 0.3) is 38.9 Å². The van der Waals surface area contributed by atoms with Gasteiger partial charge in [0.25, 0.3) is 5.56 Å². The van der Waals surface area contributed by atoms with Gasteiger partial charge in [0.2, 0.25) is 0 Å². The van der Waals surface area contributed by atoms with E-state index in [1.807, 2.05) is 70.5 Å². The molecule has 0 saturated heterocycles. The lowest BCUT2D eigenvalue weighted by molar-refractivity contribution is 0.680. The SMILES string of the molecule is C=C(C)c1cnc(C)c(-c2ncc(-c3cc4c([C@@H](C)Nc5ccccc5S(C)(=O)=NC)cc(C)cc4c(=O)n3C)cc2CC)c1. The highest BCUT2D eigenvalue weighted by Gasteiger charge is 2.20. The van der Waals surface area contributed by atoms with Gasteiger partial charge in [-0.05, 0) is 104 Å². The molecule has 0 spiro atoms. The third-order valence-electron chi connectivity index (χ3n) is 8.49. The molecular weight excluding hydrogens is 579 g/mol. The molecule has 45 heavy (non-hydrogen) atoms. The van der Waals surface area contributed by atoms with Crippen molar-refractivity contribution in [1.29, 1.82) is 0 Å². The number of aryl methyl sites for hydroxylation is 3. The first-order valence-corrected chi connectivity index (χ1v) is 17.0. The number of para-hydroxylation sites is 1. The lowest BCUT2D eigenvalue weighted by Gasteiger charge is -2.22. The van der Waals surface area contributed by atoms with E-state index in [4.69, 9.17) is 4.98 Å². The van der Waals surface area contributed by atoms with Gasteiger partial charge in [0.15, 0.2) is 0 Å². The molecule has 8 heteroatoms. The fourth-order valence-electron chi connectivity index (χ4n) is 5.82. The molecule has 0 saturated carbocycles. The van der Waals surface area contributed by atoms with Crippen molar-refractivity contribution in [2.45, 2.75) is 52.0 Å². The maximum absolute atomic E-state index is 13.9. The topological polar surface area (TPSA) is 89.2 Å². The van der Waals surface area contributed by atoms with Gasteiger partial charge in [-0.3, -0.25) is 14.8 Å². The Morgan fingerprint density at radius 2 is 1.80 bits per heavy atom. The Bertz CT molecular complexity index is 2160. The Morgan fingerprint density at radius 1 is 1.07 bits per heavy atom. The summed E-state index contributed by atoms with van der Waals surface area (Å²) in [5, 5.41) is 5.09. The summed E-state index contributed by atoms with van der Waals surface area (Å²) in [5.41, 5.74) is 10.1. The number of allylic oxidation sites excluding steroid dienone is 1. The summed E-state index contributed by atoms with van der Waals surface area (Å²) in [4.78, 5) is 24.1. The smallest absolute Gasteiger partial charge is 0.258 e. The molecule has 0 aliphatic rings. The Morgan fingerprint density at radius 3 is 2.49 bits per heavy atom. The minimum atomic E-state index is -2.56. The van der Waals surface area contributed by atoms with Crippen LogP contribution in [0.4, 0.5) is 5.69 Å². The van der Waals surface area contributed by atoms with Crippen LogP contribution in [-0.2, 0) is 23.2 Å². The van der Waals surface area contributed by atoms with Gasteiger partial charge in [0, 0.05) is 61.0 Å². The van der Waals surface area contributed by atoms with E-state index in [0.29, 0.717) is 10.3 Å². The molecule has 7 nitrogen and oxygen atoms in total. The van der Waals surface area contributed by atoms with E-state index in [1.165, 1.54) is 0 Å². The second-order valence-corrected chi connectivity index (χ2v) is 14.2. The number of fused-ring (bicyclic) bond motifs is 1. The summed E-state index contributed by atoms with van der Waals surface area (Å²) >= 11 is 0. The Hall–Kier alpha value is -4.56. The summed E-state index contributed by atoms with van der Waals surface area (Å²) in [6.45, 7) is 14.2. The van der Waals surface area contributed by atoms with Crippen LogP contribution in [0.5, 0.6) is 0 Å². The molecule has 1 N–H and O–H groups in total. The first-order chi connectivity index (χ1) is 21.4. The summed E-state index contributed by atoms with van der Waals surface area (Å²) < 4.78 is 19.1. The van der Waals surface area contributed by atoms with Gasteiger partial charge in [-0.25, -0.2) is 8.57 Å². The molecule has 0 aliphatic heterocycles. The van der Waals surface area contributed by atoms with Crippen LogP contribution in [0.1, 0.15) is 54.8 Å². The van der Waals surface area contributed by atoms with Crippen molar-refractivity contribution in [1.82, 2.24) is 14.5 Å². The largest absolute Gasteiger partial charge is 0.377 e. The monoisotopic (exact) mass is 619 g/mol. The van der Waals surface area contributed by atoms with Gasteiger partial charge < -0.3 is 9.88 Å². The number of hydrogen-bond acceptors (Lipinski definition) is 6. The number of pyridine rings is 3. The van der Waals surface area contributed by atoms with E-state index in [0.717, 1.165) is 73.5 Å². The zero-order valence-corrected chi connectivity index (χ0v) is 28.2. The molecule has 232 valence electrons. The second-order valence-electron chi connectivity index (χ2n) is 11.8. The fraction of sp³-hybridized carbons (Fsp3) is 0.270. The van der Waals surface area contributed by atoms with Gasteiger partial charge in [0.05, 0.1) is 31.7 Å². The number of aromatic nitrogens is 3. The molecule has 5 rings (SSSR count). The zero-order chi connectivity index (χ0) is 32.6. The van der Waals surface area contributed by atoms with Crippen LogP contribution in [0.3, 0.4) is 0 Å². The van der Waals surface area contributed by atoms with Crippen LogP contribution in [-0.4, -0.2) is 32.0 Å². The van der Waals surface area contributed by atoms with Gasteiger partial charge in [0.1, 0.15) is 0 Å². The molecule has 0 fully saturated rings. The van der Waals surface area contributed by atoms with Crippen molar-refractivity contribution in [3.05, 3.63) is 112 Å². The number of anilines is 1. The van der Waals surface area contributed by atoms with Gasteiger partial charge in [-0.2, -0.15) is 0 Å². The molecule has 1 unspecified atom stereocenters. The minimum Gasteiger partial charge on any atom is -0.377 e. The van der Waals surface area contributed by atoms with Crippen LogP contribution in [0, 0.1) is 13.8 Å². The number of nitrogens with one attached hydrogen (secondary N) is 1. The summed E-state index contributed by atoms with van der Waals surface area (Å²) in [6, 6.07) is 17.8. The normalized spacial score (nSPS) is 13.3. The Balaban J connectivity index is 1.65. The number of nitrogens with zero attached hydrogens (tertiary/aromatic N) is 4. The first-order valence-electron chi connectivity index (χ1n) is 15.1. The molecule has 0 bridgehead atoms. The van der Waals surface area contributed by atoms with Gasteiger partial charge >= 0.3 is 0 Å². The Kier molecular flexibility index (Phi) is 8.81. The van der Waals surface area contributed by atoms with Crippen molar-refractivity contribution < 1.29 is 4.21 Å². The average molecular weight is 620 g/mol. The highest BCUT2D eigenvalue weighted by molar-refractivity contribution is 7.93. The molecule has 5 aromatic rings. The van der Waals surface area contributed by atoms with Crippen molar-refractivity contribution in [3.8, 4) is 22.5 Å². The molecule has 0 radical (unpaired) electrons. The molecular formula is C37H41N5O2S. The van der Waals surface area contributed by atoms with E-state index in [2.05, 4.69) is 59.4 Å². The van der Waals surface area contributed by atoms with Crippen molar-refractivity contribution in [2.24, 2.45) is 11.4 Å².